The van der Waals surface area contributed by atoms with Crippen molar-refractivity contribution in [3.05, 3.63) is 18.0 Å². The van der Waals surface area contributed by atoms with Gasteiger partial charge in [0, 0.05) is 31.4 Å². The van der Waals surface area contributed by atoms with Crippen molar-refractivity contribution in [3.8, 4) is 0 Å². The minimum atomic E-state index is 0.158. The highest BCUT2D eigenvalue weighted by atomic mass is 15.2. The summed E-state index contributed by atoms with van der Waals surface area (Å²) < 4.78 is 1.87. The second-order valence-electron chi connectivity index (χ2n) is 5.96. The van der Waals surface area contributed by atoms with Gasteiger partial charge in [0.15, 0.2) is 0 Å². The summed E-state index contributed by atoms with van der Waals surface area (Å²) in [5.41, 5.74) is 7.29. The molecule has 4 heteroatoms. The van der Waals surface area contributed by atoms with E-state index in [2.05, 4.69) is 43.9 Å². The first-order chi connectivity index (χ1) is 8.39. The average Bonchev–Trinajstić information content (AvgIpc) is 2.74. The van der Waals surface area contributed by atoms with Gasteiger partial charge < -0.3 is 5.73 Å². The van der Waals surface area contributed by atoms with Crippen LogP contribution in [0.5, 0.6) is 0 Å². The van der Waals surface area contributed by atoms with E-state index in [0.717, 1.165) is 19.5 Å². The predicted octanol–water partition coefficient (Wildman–Crippen LogP) is 2.18. The maximum Gasteiger partial charge on any atom is 0.0537 e. The molecule has 18 heavy (non-hydrogen) atoms. The predicted molar refractivity (Wildman–Crippen MR) is 76.3 cm³/mol. The van der Waals surface area contributed by atoms with Gasteiger partial charge in [-0.05, 0) is 31.8 Å². The molecular weight excluding hydrogens is 224 g/mol. The van der Waals surface area contributed by atoms with Crippen molar-refractivity contribution in [1.29, 1.82) is 0 Å². The van der Waals surface area contributed by atoms with E-state index in [4.69, 9.17) is 5.73 Å². The molecular formula is C14H28N4. The molecule has 1 heterocycles. The van der Waals surface area contributed by atoms with Crippen LogP contribution in [0.3, 0.4) is 0 Å². The summed E-state index contributed by atoms with van der Waals surface area (Å²) in [4.78, 5) is 2.50. The maximum atomic E-state index is 5.85. The van der Waals surface area contributed by atoms with E-state index >= 15 is 0 Å². The van der Waals surface area contributed by atoms with Crippen LogP contribution in [0.15, 0.2) is 12.4 Å². The second-order valence-corrected chi connectivity index (χ2v) is 5.96. The zero-order valence-electron chi connectivity index (χ0n) is 12.5. The van der Waals surface area contributed by atoms with Crippen LogP contribution >= 0.6 is 0 Å². The zero-order valence-corrected chi connectivity index (χ0v) is 12.5. The highest BCUT2D eigenvalue weighted by Crippen LogP contribution is 2.24. The Hall–Kier alpha value is -0.870. The molecule has 1 rings (SSSR count). The SMILES string of the molecule is CCCN(CC(C)(C)CN)C(C)c1cnn(C)c1. The first-order valence-corrected chi connectivity index (χ1v) is 6.82. The van der Waals surface area contributed by atoms with Gasteiger partial charge in [0.05, 0.1) is 6.20 Å². The molecule has 0 amide bonds. The van der Waals surface area contributed by atoms with Crippen LogP contribution in [0.1, 0.15) is 45.7 Å². The van der Waals surface area contributed by atoms with Gasteiger partial charge >= 0.3 is 0 Å². The molecule has 104 valence electrons. The van der Waals surface area contributed by atoms with Crippen LogP contribution < -0.4 is 5.73 Å². The first kappa shape index (κ1) is 15.2. The fraction of sp³-hybridized carbons (Fsp3) is 0.786. The monoisotopic (exact) mass is 252 g/mol. The third-order valence-electron chi connectivity index (χ3n) is 3.45. The molecule has 0 saturated carbocycles. The summed E-state index contributed by atoms with van der Waals surface area (Å²) >= 11 is 0. The third kappa shape index (κ3) is 4.10. The molecule has 0 radical (unpaired) electrons. The van der Waals surface area contributed by atoms with Gasteiger partial charge in [0.1, 0.15) is 0 Å². The fourth-order valence-corrected chi connectivity index (χ4v) is 2.18. The van der Waals surface area contributed by atoms with Crippen molar-refractivity contribution in [2.75, 3.05) is 19.6 Å². The molecule has 0 fully saturated rings. The molecule has 0 aliphatic heterocycles. The summed E-state index contributed by atoms with van der Waals surface area (Å²) in [6.07, 6.45) is 5.22. The molecule has 1 atom stereocenters. The Morgan fingerprint density at radius 3 is 2.61 bits per heavy atom. The van der Waals surface area contributed by atoms with Crippen LogP contribution in [0, 0.1) is 5.41 Å². The van der Waals surface area contributed by atoms with Crippen LogP contribution in [0.2, 0.25) is 0 Å². The molecule has 0 aliphatic carbocycles. The second kappa shape index (κ2) is 6.34. The van der Waals surface area contributed by atoms with Gasteiger partial charge in [-0.3, -0.25) is 9.58 Å². The number of aryl methyl sites for hydroxylation is 1. The van der Waals surface area contributed by atoms with Gasteiger partial charge in [0.25, 0.3) is 0 Å². The van der Waals surface area contributed by atoms with Crippen LogP contribution in [-0.4, -0.2) is 34.3 Å². The lowest BCUT2D eigenvalue weighted by atomic mass is 9.92. The van der Waals surface area contributed by atoms with Crippen molar-refractivity contribution in [2.45, 2.75) is 40.2 Å². The van der Waals surface area contributed by atoms with Crippen molar-refractivity contribution >= 4 is 0 Å². The Labute approximate surface area is 111 Å². The lowest BCUT2D eigenvalue weighted by molar-refractivity contribution is 0.140. The molecule has 1 aromatic heterocycles. The molecule has 0 aromatic carbocycles. The maximum absolute atomic E-state index is 5.85. The first-order valence-electron chi connectivity index (χ1n) is 6.82. The van der Waals surface area contributed by atoms with Gasteiger partial charge in [0.2, 0.25) is 0 Å². The smallest absolute Gasteiger partial charge is 0.0537 e. The minimum Gasteiger partial charge on any atom is -0.330 e. The molecule has 1 aromatic rings. The number of aromatic nitrogens is 2. The number of rotatable bonds is 7. The number of hydrogen-bond donors (Lipinski definition) is 1. The van der Waals surface area contributed by atoms with E-state index in [1.54, 1.807) is 0 Å². The number of nitrogens with zero attached hydrogens (tertiary/aromatic N) is 3. The summed E-state index contributed by atoms with van der Waals surface area (Å²) in [7, 11) is 1.96. The van der Waals surface area contributed by atoms with E-state index < -0.39 is 0 Å². The topological polar surface area (TPSA) is 47.1 Å². The summed E-state index contributed by atoms with van der Waals surface area (Å²) in [6.45, 7) is 11.8. The van der Waals surface area contributed by atoms with E-state index in [0.29, 0.717) is 12.6 Å². The largest absolute Gasteiger partial charge is 0.330 e. The number of nitrogens with two attached hydrogens (primary N) is 1. The van der Waals surface area contributed by atoms with Crippen molar-refractivity contribution < 1.29 is 0 Å². The van der Waals surface area contributed by atoms with Crippen LogP contribution in [-0.2, 0) is 7.05 Å². The van der Waals surface area contributed by atoms with E-state index in [9.17, 15) is 0 Å². The molecule has 0 spiro atoms. The summed E-state index contributed by atoms with van der Waals surface area (Å²) in [5.74, 6) is 0. The highest BCUT2D eigenvalue weighted by Gasteiger charge is 2.24. The Kier molecular flexibility index (Phi) is 5.35. The molecule has 2 N–H and O–H groups in total. The molecule has 1 unspecified atom stereocenters. The average molecular weight is 252 g/mol. The third-order valence-corrected chi connectivity index (χ3v) is 3.45. The number of hydrogen-bond acceptors (Lipinski definition) is 3. The quantitative estimate of drug-likeness (QED) is 0.809. The van der Waals surface area contributed by atoms with Crippen molar-refractivity contribution in [3.63, 3.8) is 0 Å². The standard InChI is InChI=1S/C14H28N4/c1-6-7-18(11-14(3,4)10-15)12(2)13-8-16-17(5)9-13/h8-9,12H,6-7,10-11,15H2,1-5H3. The van der Waals surface area contributed by atoms with Crippen LogP contribution in [0.4, 0.5) is 0 Å². The Bertz CT molecular complexity index is 356. The Balaban J connectivity index is 2.78. The van der Waals surface area contributed by atoms with E-state index in [1.165, 1.54) is 5.56 Å². The Morgan fingerprint density at radius 2 is 2.17 bits per heavy atom. The lowest BCUT2D eigenvalue weighted by Gasteiger charge is -2.35. The van der Waals surface area contributed by atoms with Crippen molar-refractivity contribution in [2.24, 2.45) is 18.2 Å². The lowest BCUT2D eigenvalue weighted by Crippen LogP contribution is -2.40. The molecule has 0 aliphatic rings. The van der Waals surface area contributed by atoms with Gasteiger partial charge in [-0.1, -0.05) is 20.8 Å². The van der Waals surface area contributed by atoms with E-state index in [1.807, 2.05) is 17.9 Å². The Morgan fingerprint density at radius 1 is 1.50 bits per heavy atom. The summed E-state index contributed by atoms with van der Waals surface area (Å²) in [6, 6.07) is 0.393. The summed E-state index contributed by atoms with van der Waals surface area (Å²) in [5, 5.41) is 4.26. The van der Waals surface area contributed by atoms with Gasteiger partial charge in [-0.25, -0.2) is 0 Å². The molecule has 4 nitrogen and oxygen atoms in total. The van der Waals surface area contributed by atoms with Crippen molar-refractivity contribution in [1.82, 2.24) is 14.7 Å². The highest BCUT2D eigenvalue weighted by molar-refractivity contribution is 5.09. The van der Waals surface area contributed by atoms with Crippen LogP contribution in [0.25, 0.3) is 0 Å². The molecule has 0 bridgehead atoms. The fourth-order valence-electron chi connectivity index (χ4n) is 2.18. The molecule has 0 saturated heterocycles. The van der Waals surface area contributed by atoms with Gasteiger partial charge in [-0.15, -0.1) is 0 Å². The van der Waals surface area contributed by atoms with Gasteiger partial charge in [-0.2, -0.15) is 5.10 Å². The normalized spacial score (nSPS) is 14.2. The zero-order chi connectivity index (χ0) is 13.8. The van der Waals surface area contributed by atoms with E-state index in [-0.39, 0.29) is 5.41 Å². The minimum absolute atomic E-state index is 0.158.